The molecule has 1 rings (SSSR count). The van der Waals surface area contributed by atoms with Crippen LogP contribution in [0.1, 0.15) is 30.9 Å². The van der Waals surface area contributed by atoms with Crippen LogP contribution in [0.25, 0.3) is 6.08 Å². The maximum absolute atomic E-state index is 12.1. The number of unbranched alkanes of at least 4 members (excludes halogenated alkanes) is 1. The Morgan fingerprint density at radius 2 is 2.00 bits per heavy atom. The number of nitrogens with zero attached hydrogens (tertiary/aromatic N) is 2. The Morgan fingerprint density at radius 1 is 1.33 bits per heavy atom. The summed E-state index contributed by atoms with van der Waals surface area (Å²) in [5, 5.41) is 8.71. The summed E-state index contributed by atoms with van der Waals surface area (Å²) in [5.74, 6) is -0.766. The molecule has 110 valence electrons. The van der Waals surface area contributed by atoms with E-state index in [1.54, 1.807) is 30.3 Å². The molecule has 0 spiro atoms. The van der Waals surface area contributed by atoms with E-state index in [1.165, 1.54) is 11.0 Å². The van der Waals surface area contributed by atoms with Crippen molar-refractivity contribution in [3.63, 3.8) is 0 Å². The molecular formula is C16H19N3O2. The second-order valence-electron chi connectivity index (χ2n) is 4.65. The van der Waals surface area contributed by atoms with E-state index in [0.29, 0.717) is 12.1 Å². The highest BCUT2D eigenvalue weighted by Crippen LogP contribution is 2.06. The third kappa shape index (κ3) is 5.91. The molecule has 21 heavy (non-hydrogen) atoms. The quantitative estimate of drug-likeness (QED) is 0.773. The van der Waals surface area contributed by atoms with Crippen LogP contribution in [0.3, 0.4) is 0 Å². The summed E-state index contributed by atoms with van der Waals surface area (Å²) < 4.78 is 0. The summed E-state index contributed by atoms with van der Waals surface area (Å²) in [7, 11) is 0. The third-order valence-electron chi connectivity index (χ3n) is 2.90. The zero-order valence-corrected chi connectivity index (χ0v) is 12.1. The number of primary amides is 1. The number of amides is 2. The Hall–Kier alpha value is -2.61. The van der Waals surface area contributed by atoms with Gasteiger partial charge in [0.1, 0.15) is 0 Å². The predicted octanol–water partition coefficient (Wildman–Crippen LogP) is 1.69. The molecule has 2 N–H and O–H groups in total. The number of hydrogen-bond acceptors (Lipinski definition) is 3. The van der Waals surface area contributed by atoms with Crippen molar-refractivity contribution in [2.75, 3.05) is 13.1 Å². The van der Waals surface area contributed by atoms with Crippen molar-refractivity contribution in [2.24, 2.45) is 5.73 Å². The second-order valence-corrected chi connectivity index (χ2v) is 4.65. The summed E-state index contributed by atoms with van der Waals surface area (Å²) in [5.41, 5.74) is 6.54. The molecule has 0 radical (unpaired) electrons. The van der Waals surface area contributed by atoms with Gasteiger partial charge < -0.3 is 10.6 Å². The highest BCUT2D eigenvalue weighted by atomic mass is 16.2. The van der Waals surface area contributed by atoms with Crippen molar-refractivity contribution in [3.05, 3.63) is 41.5 Å². The first-order chi connectivity index (χ1) is 10.1. The molecule has 0 unspecified atom stereocenters. The van der Waals surface area contributed by atoms with Crippen LogP contribution in [0.15, 0.2) is 30.3 Å². The third-order valence-corrected chi connectivity index (χ3v) is 2.90. The van der Waals surface area contributed by atoms with Crippen molar-refractivity contribution in [3.8, 4) is 6.07 Å². The number of carbonyl (C=O) groups excluding carboxylic acids is 2. The van der Waals surface area contributed by atoms with Crippen molar-refractivity contribution >= 4 is 17.9 Å². The van der Waals surface area contributed by atoms with Crippen LogP contribution in [0.2, 0.25) is 0 Å². The number of nitriles is 1. The smallest absolute Gasteiger partial charge is 0.247 e. The standard InChI is InChI=1S/C16H19N3O2/c1-2-3-10-19(12-15(18)20)16(21)9-8-13-4-6-14(11-17)7-5-13/h4-9H,2-3,10,12H2,1H3,(H2,18,20). The maximum atomic E-state index is 12.1. The molecule has 0 heterocycles. The van der Waals surface area contributed by atoms with Gasteiger partial charge in [-0.15, -0.1) is 0 Å². The minimum atomic E-state index is -0.522. The first-order valence-corrected chi connectivity index (χ1v) is 6.82. The molecule has 0 aliphatic carbocycles. The topological polar surface area (TPSA) is 87.2 Å². The van der Waals surface area contributed by atoms with Crippen molar-refractivity contribution < 1.29 is 9.59 Å². The van der Waals surface area contributed by atoms with Gasteiger partial charge in [-0.3, -0.25) is 9.59 Å². The summed E-state index contributed by atoms with van der Waals surface area (Å²) in [6.45, 7) is 2.45. The number of hydrogen-bond donors (Lipinski definition) is 1. The predicted molar refractivity (Wildman–Crippen MR) is 80.9 cm³/mol. The maximum Gasteiger partial charge on any atom is 0.247 e. The van der Waals surface area contributed by atoms with Crippen molar-refractivity contribution in [2.45, 2.75) is 19.8 Å². The van der Waals surface area contributed by atoms with Gasteiger partial charge in [0.05, 0.1) is 18.2 Å². The molecule has 1 aromatic rings. The molecule has 2 amide bonds. The second kappa shape index (κ2) is 8.54. The van der Waals surface area contributed by atoms with Gasteiger partial charge in [-0.05, 0) is 30.2 Å². The van der Waals surface area contributed by atoms with Crippen LogP contribution in [0.4, 0.5) is 0 Å². The van der Waals surface area contributed by atoms with Crippen molar-refractivity contribution in [1.82, 2.24) is 4.90 Å². The minimum absolute atomic E-state index is 0.0729. The van der Waals surface area contributed by atoms with E-state index < -0.39 is 5.91 Å². The van der Waals surface area contributed by atoms with E-state index in [2.05, 4.69) is 0 Å². The van der Waals surface area contributed by atoms with Gasteiger partial charge in [-0.1, -0.05) is 25.5 Å². The molecule has 0 saturated carbocycles. The largest absolute Gasteiger partial charge is 0.368 e. The lowest BCUT2D eigenvalue weighted by molar-refractivity contribution is -0.131. The van der Waals surface area contributed by atoms with Crippen LogP contribution in [-0.4, -0.2) is 29.8 Å². The Balaban J connectivity index is 2.71. The van der Waals surface area contributed by atoms with E-state index in [1.807, 2.05) is 13.0 Å². The fourth-order valence-electron chi connectivity index (χ4n) is 1.75. The van der Waals surface area contributed by atoms with Crippen LogP contribution in [-0.2, 0) is 9.59 Å². The first-order valence-electron chi connectivity index (χ1n) is 6.82. The van der Waals surface area contributed by atoms with E-state index in [9.17, 15) is 9.59 Å². The molecule has 0 bridgehead atoms. The van der Waals surface area contributed by atoms with Crippen LogP contribution < -0.4 is 5.73 Å². The van der Waals surface area contributed by atoms with Crippen LogP contribution in [0, 0.1) is 11.3 Å². The highest BCUT2D eigenvalue weighted by molar-refractivity contribution is 5.94. The molecule has 0 atom stereocenters. The van der Waals surface area contributed by atoms with Gasteiger partial charge in [0, 0.05) is 12.6 Å². The number of nitrogens with two attached hydrogens (primary N) is 1. The molecule has 0 aromatic heterocycles. The molecule has 5 nitrogen and oxygen atoms in total. The molecule has 0 fully saturated rings. The Labute approximate surface area is 124 Å². The van der Waals surface area contributed by atoms with Crippen molar-refractivity contribution in [1.29, 1.82) is 5.26 Å². The van der Waals surface area contributed by atoms with Gasteiger partial charge >= 0.3 is 0 Å². The van der Waals surface area contributed by atoms with E-state index in [-0.39, 0.29) is 12.5 Å². The lowest BCUT2D eigenvalue weighted by atomic mass is 10.1. The fourth-order valence-corrected chi connectivity index (χ4v) is 1.75. The monoisotopic (exact) mass is 285 g/mol. The zero-order chi connectivity index (χ0) is 15.7. The summed E-state index contributed by atoms with van der Waals surface area (Å²) in [4.78, 5) is 24.5. The average molecular weight is 285 g/mol. The van der Waals surface area contributed by atoms with E-state index in [0.717, 1.165) is 18.4 Å². The number of rotatable bonds is 7. The minimum Gasteiger partial charge on any atom is -0.368 e. The Bertz CT molecular complexity index is 556. The molecule has 0 aliphatic heterocycles. The first kappa shape index (κ1) is 16.4. The Morgan fingerprint density at radius 3 is 2.52 bits per heavy atom. The van der Waals surface area contributed by atoms with Crippen LogP contribution in [0.5, 0.6) is 0 Å². The lowest BCUT2D eigenvalue weighted by Gasteiger charge is -2.18. The van der Waals surface area contributed by atoms with Gasteiger partial charge in [-0.2, -0.15) is 5.26 Å². The molecule has 0 saturated heterocycles. The van der Waals surface area contributed by atoms with Gasteiger partial charge in [0.15, 0.2) is 0 Å². The molecule has 5 heteroatoms. The van der Waals surface area contributed by atoms with Gasteiger partial charge in [-0.25, -0.2) is 0 Å². The Kier molecular flexibility index (Phi) is 6.69. The molecule has 0 aliphatic rings. The summed E-state index contributed by atoms with van der Waals surface area (Å²) in [6, 6.07) is 8.91. The SMILES string of the molecule is CCCCN(CC(N)=O)C(=O)C=Cc1ccc(C#N)cc1. The highest BCUT2D eigenvalue weighted by Gasteiger charge is 2.12. The summed E-state index contributed by atoms with van der Waals surface area (Å²) in [6.07, 6.45) is 4.83. The normalized spacial score (nSPS) is 10.3. The van der Waals surface area contributed by atoms with Gasteiger partial charge in [0.25, 0.3) is 0 Å². The average Bonchev–Trinajstić information content (AvgIpc) is 2.49. The molecular weight excluding hydrogens is 266 g/mol. The summed E-state index contributed by atoms with van der Waals surface area (Å²) >= 11 is 0. The lowest BCUT2D eigenvalue weighted by Crippen LogP contribution is -2.38. The van der Waals surface area contributed by atoms with E-state index in [4.69, 9.17) is 11.0 Å². The number of benzene rings is 1. The van der Waals surface area contributed by atoms with Crippen LogP contribution >= 0.6 is 0 Å². The van der Waals surface area contributed by atoms with Gasteiger partial charge in [0.2, 0.25) is 11.8 Å². The van der Waals surface area contributed by atoms with E-state index >= 15 is 0 Å². The number of carbonyl (C=O) groups is 2. The molecule has 1 aromatic carbocycles. The zero-order valence-electron chi connectivity index (χ0n) is 12.1. The fraction of sp³-hybridized carbons (Fsp3) is 0.312.